The third-order valence-electron chi connectivity index (χ3n) is 2.36. The highest BCUT2D eigenvalue weighted by atomic mass is 127. The molecule has 1 aromatic carbocycles. The van der Waals surface area contributed by atoms with Crippen molar-refractivity contribution in [1.82, 2.24) is 0 Å². The summed E-state index contributed by atoms with van der Waals surface area (Å²) >= 11 is 2.27. The molecule has 0 aliphatic heterocycles. The molecule has 2 nitrogen and oxygen atoms in total. The Morgan fingerprint density at radius 2 is 1.76 bits per heavy atom. The third kappa shape index (κ3) is 5.15. The van der Waals surface area contributed by atoms with Crippen molar-refractivity contribution in [1.29, 1.82) is 0 Å². The van der Waals surface area contributed by atoms with Gasteiger partial charge in [-0.2, -0.15) is 0 Å². The topological polar surface area (TPSA) is 18.5 Å². The maximum atomic E-state index is 5.78. The predicted molar refractivity (Wildman–Crippen MR) is 78.8 cm³/mol. The summed E-state index contributed by atoms with van der Waals surface area (Å²) < 4.78 is 12.6. The van der Waals surface area contributed by atoms with E-state index < -0.39 is 0 Å². The molecule has 3 heteroatoms. The Labute approximate surface area is 118 Å². The quantitative estimate of drug-likeness (QED) is 0.511. The van der Waals surface area contributed by atoms with Gasteiger partial charge in [-0.25, -0.2) is 0 Å². The van der Waals surface area contributed by atoms with Crippen LogP contribution in [0, 0.1) is 9.64 Å². The highest BCUT2D eigenvalue weighted by Crippen LogP contribution is 2.32. The van der Waals surface area contributed by atoms with Crippen LogP contribution in [0.15, 0.2) is 12.1 Å². The fourth-order valence-corrected chi connectivity index (χ4v) is 1.90. The van der Waals surface area contributed by atoms with Gasteiger partial charge in [0, 0.05) is 6.07 Å². The molecule has 0 aliphatic rings. The number of hydrogen-bond acceptors (Lipinski definition) is 2. The first-order valence-corrected chi connectivity index (χ1v) is 7.33. The van der Waals surface area contributed by atoms with Gasteiger partial charge in [0.2, 0.25) is 0 Å². The fourth-order valence-electron chi connectivity index (χ4n) is 1.32. The molecule has 1 aromatic rings. The molecule has 0 heterocycles. The minimum Gasteiger partial charge on any atom is -0.489 e. The van der Waals surface area contributed by atoms with E-state index in [-0.39, 0.29) is 0 Å². The van der Waals surface area contributed by atoms with Crippen LogP contribution in [0.5, 0.6) is 11.5 Å². The zero-order chi connectivity index (χ0) is 12.5. The molecule has 0 aliphatic carbocycles. The zero-order valence-corrected chi connectivity index (χ0v) is 12.7. The van der Waals surface area contributed by atoms with E-state index in [2.05, 4.69) is 42.5 Å². The number of ether oxygens (including phenoxy) is 2. The lowest BCUT2D eigenvalue weighted by atomic mass is 10.3. The summed E-state index contributed by atoms with van der Waals surface area (Å²) in [5, 5.41) is 0. The summed E-state index contributed by atoms with van der Waals surface area (Å²) in [4.78, 5) is 0. The maximum absolute atomic E-state index is 5.78. The highest BCUT2D eigenvalue weighted by Gasteiger charge is 2.09. The van der Waals surface area contributed by atoms with Crippen molar-refractivity contribution in [2.75, 3.05) is 13.2 Å². The Morgan fingerprint density at radius 3 is 2.41 bits per heavy atom. The second-order valence-electron chi connectivity index (χ2n) is 3.89. The van der Waals surface area contributed by atoms with E-state index >= 15 is 0 Å². The molecular weight excluding hydrogens is 327 g/mol. The second-order valence-corrected chi connectivity index (χ2v) is 5.05. The fraction of sp³-hybridized carbons (Fsp3) is 0.571. The molecule has 0 unspecified atom stereocenters. The van der Waals surface area contributed by atoms with Crippen LogP contribution < -0.4 is 9.47 Å². The van der Waals surface area contributed by atoms with Gasteiger partial charge in [-0.1, -0.05) is 26.7 Å². The Bertz CT molecular complexity index is 326. The molecule has 0 fully saturated rings. The molecule has 0 atom stereocenters. The summed E-state index contributed by atoms with van der Waals surface area (Å²) in [6.45, 7) is 5.79. The standard InChI is InChI=1S/C14H20IO2/c1-3-5-10-16-13-9-7-8-12(15)14(13)17-11-6-4-2/h7-8H,3-6,10-11H2,1-2H3. The lowest BCUT2D eigenvalue weighted by Crippen LogP contribution is -2.03. The first kappa shape index (κ1) is 14.6. The van der Waals surface area contributed by atoms with Crippen molar-refractivity contribution >= 4 is 22.6 Å². The Kier molecular flexibility index (Phi) is 7.40. The summed E-state index contributed by atoms with van der Waals surface area (Å²) in [5.41, 5.74) is 0. The number of hydrogen-bond donors (Lipinski definition) is 0. The predicted octanol–water partition coefficient (Wildman–Crippen LogP) is 4.45. The summed E-state index contributed by atoms with van der Waals surface area (Å²) in [6, 6.07) is 6.99. The van der Waals surface area contributed by atoms with Crippen LogP contribution in [0.2, 0.25) is 0 Å². The lowest BCUT2D eigenvalue weighted by Gasteiger charge is -2.13. The SMILES string of the molecule is CCCCOc1[c]ccc(I)c1OCCCC. The molecule has 0 N–H and O–H groups in total. The maximum Gasteiger partial charge on any atom is 0.175 e. The van der Waals surface area contributed by atoms with Crippen LogP contribution in [-0.2, 0) is 0 Å². The molecule has 0 aromatic heterocycles. The van der Waals surface area contributed by atoms with Crippen LogP contribution in [-0.4, -0.2) is 13.2 Å². The molecule has 0 amide bonds. The van der Waals surface area contributed by atoms with Crippen LogP contribution in [0.25, 0.3) is 0 Å². The first-order valence-electron chi connectivity index (χ1n) is 6.25. The molecule has 0 spiro atoms. The molecule has 95 valence electrons. The van der Waals surface area contributed by atoms with Gasteiger partial charge in [0.05, 0.1) is 16.8 Å². The minimum atomic E-state index is 0.733. The van der Waals surface area contributed by atoms with Gasteiger partial charge in [0.25, 0.3) is 0 Å². The van der Waals surface area contributed by atoms with Gasteiger partial charge in [0.1, 0.15) is 0 Å². The molecular formula is C14H20IO2. The van der Waals surface area contributed by atoms with Gasteiger partial charge in [-0.05, 0) is 47.6 Å². The van der Waals surface area contributed by atoms with Gasteiger partial charge in [0.15, 0.2) is 11.5 Å². The zero-order valence-electron chi connectivity index (χ0n) is 10.6. The summed E-state index contributed by atoms with van der Waals surface area (Å²) in [6.07, 6.45) is 4.40. The number of halogens is 1. The van der Waals surface area contributed by atoms with Crippen molar-refractivity contribution in [3.05, 3.63) is 21.8 Å². The second kappa shape index (κ2) is 8.61. The van der Waals surface area contributed by atoms with Crippen molar-refractivity contribution in [3.8, 4) is 11.5 Å². The molecule has 0 saturated heterocycles. The van der Waals surface area contributed by atoms with Crippen LogP contribution in [0.3, 0.4) is 0 Å². The van der Waals surface area contributed by atoms with Gasteiger partial charge >= 0.3 is 0 Å². The van der Waals surface area contributed by atoms with E-state index in [4.69, 9.17) is 9.47 Å². The van der Waals surface area contributed by atoms with Crippen molar-refractivity contribution < 1.29 is 9.47 Å². The number of rotatable bonds is 8. The van der Waals surface area contributed by atoms with Gasteiger partial charge < -0.3 is 9.47 Å². The molecule has 17 heavy (non-hydrogen) atoms. The Balaban J connectivity index is 2.63. The largest absolute Gasteiger partial charge is 0.489 e. The highest BCUT2D eigenvalue weighted by molar-refractivity contribution is 14.1. The first-order chi connectivity index (χ1) is 8.29. The van der Waals surface area contributed by atoms with E-state index in [1.165, 1.54) is 0 Å². The van der Waals surface area contributed by atoms with Crippen molar-refractivity contribution in [2.45, 2.75) is 39.5 Å². The normalized spacial score (nSPS) is 10.3. The number of benzene rings is 1. The van der Waals surface area contributed by atoms with E-state index in [0.29, 0.717) is 0 Å². The third-order valence-corrected chi connectivity index (χ3v) is 3.21. The Hall–Kier alpha value is -0.450. The average Bonchev–Trinajstić information content (AvgIpc) is 2.33. The van der Waals surface area contributed by atoms with E-state index in [0.717, 1.165) is 54.0 Å². The van der Waals surface area contributed by atoms with E-state index in [9.17, 15) is 0 Å². The van der Waals surface area contributed by atoms with Crippen LogP contribution >= 0.6 is 22.6 Å². The Morgan fingerprint density at radius 1 is 1.12 bits per heavy atom. The smallest absolute Gasteiger partial charge is 0.175 e. The number of unbranched alkanes of at least 4 members (excludes halogenated alkanes) is 2. The summed E-state index contributed by atoms with van der Waals surface area (Å²) in [7, 11) is 0. The molecule has 1 rings (SSSR count). The monoisotopic (exact) mass is 347 g/mol. The van der Waals surface area contributed by atoms with Crippen molar-refractivity contribution in [2.24, 2.45) is 0 Å². The molecule has 0 bridgehead atoms. The van der Waals surface area contributed by atoms with E-state index in [1.807, 2.05) is 12.1 Å². The van der Waals surface area contributed by atoms with Crippen molar-refractivity contribution in [3.63, 3.8) is 0 Å². The lowest BCUT2D eigenvalue weighted by molar-refractivity contribution is 0.260. The summed E-state index contributed by atoms with van der Waals surface area (Å²) in [5.74, 6) is 1.60. The van der Waals surface area contributed by atoms with E-state index in [1.54, 1.807) is 0 Å². The average molecular weight is 347 g/mol. The minimum absolute atomic E-state index is 0.733. The molecule has 0 saturated carbocycles. The van der Waals surface area contributed by atoms with Gasteiger partial charge in [-0.3, -0.25) is 0 Å². The van der Waals surface area contributed by atoms with Gasteiger partial charge in [-0.15, -0.1) is 0 Å². The van der Waals surface area contributed by atoms with Crippen LogP contribution in [0.1, 0.15) is 39.5 Å². The molecule has 1 radical (unpaired) electrons. The van der Waals surface area contributed by atoms with Crippen LogP contribution in [0.4, 0.5) is 0 Å².